The predicted molar refractivity (Wildman–Crippen MR) is 151 cm³/mol. The van der Waals surface area contributed by atoms with Crippen LogP contribution in [-0.4, -0.2) is 65.9 Å². The minimum absolute atomic E-state index is 0.00890. The molecule has 3 fully saturated rings. The number of benzene rings is 1. The molecule has 0 aromatic heterocycles. The van der Waals surface area contributed by atoms with Crippen molar-refractivity contribution < 1.29 is 47.3 Å². The minimum atomic E-state index is -2.36. The molecule has 0 spiro atoms. The van der Waals surface area contributed by atoms with E-state index >= 15 is 8.78 Å². The standard InChI is InChI=1S/C33H38F2O8/c1-6-28(39)43-33(29(40)42-17-25(37)20-9-7-8-10-26(20)41-5)18(2)13-21-22-15-24(34)23-14-19(36)11-12-30(23,3)32(22,35)27(38)16-31(21,33)4/h7-12,14,18,21-22,24,27,38H,6,13,15-17H2,1-5H3/t18-,21+,22+,24+,27+,30+,31+,32+,33+/m1/s1. The van der Waals surface area contributed by atoms with Crippen LogP contribution in [0.25, 0.3) is 0 Å². The largest absolute Gasteiger partial charge is 0.496 e. The second-order valence-electron chi connectivity index (χ2n) is 12.8. The Bertz CT molecular complexity index is 1420. The van der Waals surface area contributed by atoms with Crippen molar-refractivity contribution in [2.45, 2.75) is 76.9 Å². The first-order chi connectivity index (χ1) is 20.2. The van der Waals surface area contributed by atoms with Crippen molar-refractivity contribution >= 4 is 23.5 Å². The molecule has 3 saturated carbocycles. The van der Waals surface area contributed by atoms with E-state index in [0.717, 1.165) is 6.08 Å². The molecule has 8 nitrogen and oxygen atoms in total. The number of fused-ring (bicyclic) bond motifs is 5. The molecule has 0 aliphatic heterocycles. The number of Topliss-reactive ketones (excluding diaryl/α,β-unsaturated/α-hetero) is 1. The summed E-state index contributed by atoms with van der Waals surface area (Å²) in [6.45, 7) is 5.72. The summed E-state index contributed by atoms with van der Waals surface area (Å²) in [6, 6.07) is 6.45. The minimum Gasteiger partial charge on any atom is -0.496 e. The highest BCUT2D eigenvalue weighted by Gasteiger charge is 2.78. The molecule has 1 aromatic carbocycles. The van der Waals surface area contributed by atoms with E-state index in [0.29, 0.717) is 5.75 Å². The number of ether oxygens (including phenoxy) is 3. The van der Waals surface area contributed by atoms with Crippen LogP contribution < -0.4 is 4.74 Å². The molecule has 1 aromatic rings. The Hall–Kier alpha value is -3.40. The Balaban J connectivity index is 1.54. The Morgan fingerprint density at radius 1 is 1.12 bits per heavy atom. The van der Waals surface area contributed by atoms with Crippen LogP contribution in [0.4, 0.5) is 8.78 Å². The molecule has 5 rings (SSSR count). The number of aliphatic hydroxyl groups is 1. The number of aliphatic hydroxyl groups excluding tert-OH is 1. The first-order valence-electron chi connectivity index (χ1n) is 14.7. The van der Waals surface area contributed by atoms with Gasteiger partial charge in [-0.1, -0.05) is 39.0 Å². The third-order valence-corrected chi connectivity index (χ3v) is 10.8. The van der Waals surface area contributed by atoms with E-state index < -0.39 is 82.2 Å². The monoisotopic (exact) mass is 600 g/mol. The topological polar surface area (TPSA) is 116 Å². The maximum atomic E-state index is 17.6. The number of alkyl halides is 2. The van der Waals surface area contributed by atoms with Gasteiger partial charge in [-0.3, -0.25) is 14.4 Å². The third kappa shape index (κ3) is 4.23. The summed E-state index contributed by atoms with van der Waals surface area (Å²) in [5.74, 6) is -4.87. The number of ketones is 2. The highest BCUT2D eigenvalue weighted by molar-refractivity contribution is 6.02. The molecular weight excluding hydrogens is 562 g/mol. The number of halogens is 2. The molecule has 0 amide bonds. The molecule has 10 heteroatoms. The lowest BCUT2D eigenvalue weighted by Crippen LogP contribution is -2.71. The molecule has 0 saturated heterocycles. The molecule has 4 aliphatic rings. The first kappa shape index (κ1) is 31.0. The quantitative estimate of drug-likeness (QED) is 0.355. The Morgan fingerprint density at radius 3 is 2.49 bits per heavy atom. The first-order valence-corrected chi connectivity index (χ1v) is 14.7. The Kier molecular flexibility index (Phi) is 7.68. The van der Waals surface area contributed by atoms with Crippen molar-refractivity contribution in [2.24, 2.45) is 28.6 Å². The molecule has 0 bridgehead atoms. The lowest BCUT2D eigenvalue weighted by Gasteiger charge is -2.63. The molecule has 0 heterocycles. The van der Waals surface area contributed by atoms with Crippen molar-refractivity contribution in [1.82, 2.24) is 0 Å². The van der Waals surface area contributed by atoms with Crippen molar-refractivity contribution in [3.05, 3.63) is 53.6 Å². The fourth-order valence-corrected chi connectivity index (χ4v) is 8.66. The van der Waals surface area contributed by atoms with Gasteiger partial charge in [-0.2, -0.15) is 0 Å². The summed E-state index contributed by atoms with van der Waals surface area (Å²) in [5, 5.41) is 11.6. The number of carbonyl (C=O) groups is 4. The SMILES string of the molecule is CCC(=O)O[C@]1(C(=O)OCC(=O)c2ccccc2OC)[C@H](C)C[C@H]2[C@@H]3C[C@H](F)C4=CC(=O)C=C[C@]4(C)[C@@]3(F)[C@@H](O)C[C@@]21C. The smallest absolute Gasteiger partial charge is 0.351 e. The number of carbonyl (C=O) groups excluding carboxylic acids is 4. The molecule has 4 aliphatic carbocycles. The van der Waals surface area contributed by atoms with Crippen LogP contribution in [0.2, 0.25) is 0 Å². The second-order valence-corrected chi connectivity index (χ2v) is 12.8. The second kappa shape index (κ2) is 10.6. The van der Waals surface area contributed by atoms with Crippen LogP contribution in [0.3, 0.4) is 0 Å². The fourth-order valence-electron chi connectivity index (χ4n) is 8.66. The summed E-state index contributed by atoms with van der Waals surface area (Å²) >= 11 is 0. The fraction of sp³-hybridized carbons (Fsp3) is 0.576. The van der Waals surface area contributed by atoms with Gasteiger partial charge in [0.25, 0.3) is 0 Å². The maximum Gasteiger partial charge on any atom is 0.351 e. The van der Waals surface area contributed by atoms with E-state index in [-0.39, 0.29) is 36.8 Å². The zero-order chi connectivity index (χ0) is 31.5. The van der Waals surface area contributed by atoms with Crippen LogP contribution in [-0.2, 0) is 23.9 Å². The zero-order valence-corrected chi connectivity index (χ0v) is 25.0. The molecule has 0 radical (unpaired) electrons. The number of methoxy groups -OCH3 is 1. The lowest BCUT2D eigenvalue weighted by atomic mass is 9.44. The number of rotatable bonds is 7. The van der Waals surface area contributed by atoms with E-state index in [1.54, 1.807) is 39.0 Å². The van der Waals surface area contributed by atoms with Gasteiger partial charge in [0.05, 0.1) is 18.8 Å². The summed E-state index contributed by atoms with van der Waals surface area (Å²) in [6.07, 6.45) is -0.219. The number of hydrogen-bond donors (Lipinski definition) is 1. The normalized spacial score (nSPS) is 39.6. The predicted octanol–water partition coefficient (Wildman–Crippen LogP) is 4.68. The molecule has 9 atom stereocenters. The van der Waals surface area contributed by atoms with Crippen molar-refractivity contribution in [2.75, 3.05) is 13.7 Å². The molecular formula is C33H38F2O8. The lowest BCUT2D eigenvalue weighted by molar-refractivity contribution is -0.238. The molecule has 232 valence electrons. The van der Waals surface area contributed by atoms with Crippen molar-refractivity contribution in [3.63, 3.8) is 0 Å². The van der Waals surface area contributed by atoms with Gasteiger partial charge in [0, 0.05) is 29.1 Å². The van der Waals surface area contributed by atoms with E-state index in [2.05, 4.69) is 0 Å². The van der Waals surface area contributed by atoms with Gasteiger partial charge >= 0.3 is 11.9 Å². The number of para-hydroxylation sites is 1. The van der Waals surface area contributed by atoms with E-state index in [1.807, 2.05) is 0 Å². The highest BCUT2D eigenvalue weighted by atomic mass is 19.1. The average molecular weight is 601 g/mol. The molecule has 1 N–H and O–H groups in total. The summed E-state index contributed by atoms with van der Waals surface area (Å²) < 4.78 is 50.2. The van der Waals surface area contributed by atoms with Crippen LogP contribution >= 0.6 is 0 Å². The maximum absolute atomic E-state index is 17.6. The van der Waals surface area contributed by atoms with Crippen molar-refractivity contribution in [1.29, 1.82) is 0 Å². The van der Waals surface area contributed by atoms with Gasteiger partial charge in [0.2, 0.25) is 11.4 Å². The average Bonchev–Trinajstić information content (AvgIpc) is 3.20. The Labute approximate surface area is 249 Å². The molecule has 0 unspecified atom stereocenters. The van der Waals surface area contributed by atoms with Gasteiger partial charge in [0.15, 0.2) is 18.1 Å². The number of esters is 2. The third-order valence-electron chi connectivity index (χ3n) is 10.8. The van der Waals surface area contributed by atoms with Gasteiger partial charge < -0.3 is 19.3 Å². The van der Waals surface area contributed by atoms with Crippen LogP contribution in [0, 0.1) is 28.6 Å². The highest BCUT2D eigenvalue weighted by Crippen LogP contribution is 2.71. The van der Waals surface area contributed by atoms with Gasteiger partial charge in [0.1, 0.15) is 11.9 Å². The number of allylic oxidation sites excluding steroid dienone is 4. The zero-order valence-electron chi connectivity index (χ0n) is 25.0. The summed E-state index contributed by atoms with van der Waals surface area (Å²) in [5.41, 5.74) is -7.12. The number of hydrogen-bond acceptors (Lipinski definition) is 8. The van der Waals surface area contributed by atoms with E-state index in [4.69, 9.17) is 14.2 Å². The van der Waals surface area contributed by atoms with Crippen LogP contribution in [0.5, 0.6) is 5.75 Å². The van der Waals surface area contributed by atoms with E-state index in [9.17, 15) is 24.3 Å². The molecule has 43 heavy (non-hydrogen) atoms. The van der Waals surface area contributed by atoms with Crippen molar-refractivity contribution in [3.8, 4) is 5.75 Å². The summed E-state index contributed by atoms with van der Waals surface area (Å²) in [7, 11) is 1.41. The summed E-state index contributed by atoms with van der Waals surface area (Å²) in [4.78, 5) is 52.2. The van der Waals surface area contributed by atoms with Gasteiger partial charge in [-0.15, -0.1) is 0 Å². The van der Waals surface area contributed by atoms with Crippen LogP contribution in [0.1, 0.15) is 63.7 Å². The van der Waals surface area contributed by atoms with Gasteiger partial charge in [-0.25, -0.2) is 13.6 Å². The van der Waals surface area contributed by atoms with Crippen LogP contribution in [0.15, 0.2) is 48.1 Å². The van der Waals surface area contributed by atoms with Gasteiger partial charge in [-0.05, 0) is 62.0 Å². The Morgan fingerprint density at radius 2 is 1.81 bits per heavy atom. The van der Waals surface area contributed by atoms with E-state index in [1.165, 1.54) is 32.3 Å².